The van der Waals surface area contributed by atoms with Crippen LogP contribution in [0.5, 0.6) is 0 Å². The standard InChI is InChI=1S/C19H25N5OS/c1-12-10-22-18-17(12)15(6-7-21-18)24-8-9-26-16(11-24)19(25)23-14-5-3-2-4-13(14)20/h6-7,10-11,13-14H,2-5,8-9,20H2,1H3,(H,21,22)(H,23,25)/t13-,14+/m0/s1. The highest BCUT2D eigenvalue weighted by Gasteiger charge is 2.26. The van der Waals surface area contributed by atoms with Crippen molar-refractivity contribution < 1.29 is 4.79 Å². The van der Waals surface area contributed by atoms with E-state index in [9.17, 15) is 4.79 Å². The van der Waals surface area contributed by atoms with Crippen LogP contribution < -0.4 is 16.0 Å². The van der Waals surface area contributed by atoms with E-state index in [0.717, 1.165) is 65.2 Å². The first-order valence-corrected chi connectivity index (χ1v) is 10.2. The smallest absolute Gasteiger partial charge is 0.259 e. The van der Waals surface area contributed by atoms with E-state index in [4.69, 9.17) is 5.73 Å². The number of thioether (sulfide) groups is 1. The van der Waals surface area contributed by atoms with Crippen molar-refractivity contribution in [1.82, 2.24) is 15.3 Å². The second-order valence-electron chi connectivity index (χ2n) is 7.09. The van der Waals surface area contributed by atoms with Crippen LogP contribution in [-0.2, 0) is 4.79 Å². The summed E-state index contributed by atoms with van der Waals surface area (Å²) >= 11 is 1.61. The van der Waals surface area contributed by atoms with Crippen LogP contribution in [0.3, 0.4) is 0 Å². The maximum Gasteiger partial charge on any atom is 0.259 e. The molecule has 1 aliphatic carbocycles. The van der Waals surface area contributed by atoms with Crippen molar-refractivity contribution in [2.24, 2.45) is 5.73 Å². The third kappa shape index (κ3) is 3.33. The number of anilines is 1. The molecule has 6 nitrogen and oxygen atoms in total. The van der Waals surface area contributed by atoms with Crippen molar-refractivity contribution in [1.29, 1.82) is 0 Å². The normalized spacial score (nSPS) is 23.8. The molecule has 0 saturated heterocycles. The van der Waals surface area contributed by atoms with Crippen molar-refractivity contribution in [2.45, 2.75) is 44.7 Å². The van der Waals surface area contributed by atoms with Crippen molar-refractivity contribution in [3.8, 4) is 0 Å². The molecule has 2 atom stereocenters. The van der Waals surface area contributed by atoms with Gasteiger partial charge in [0.25, 0.3) is 5.91 Å². The Bertz CT molecular complexity index is 846. The molecule has 0 spiro atoms. The summed E-state index contributed by atoms with van der Waals surface area (Å²) in [5.41, 5.74) is 9.31. The quantitative estimate of drug-likeness (QED) is 0.772. The van der Waals surface area contributed by atoms with E-state index in [1.165, 1.54) is 0 Å². The first-order chi connectivity index (χ1) is 12.6. The van der Waals surface area contributed by atoms with Gasteiger partial charge in [-0.25, -0.2) is 4.98 Å². The Hall–Kier alpha value is -1.99. The zero-order chi connectivity index (χ0) is 18.1. The van der Waals surface area contributed by atoms with Gasteiger partial charge in [-0.3, -0.25) is 4.79 Å². The lowest BCUT2D eigenvalue weighted by Gasteiger charge is -2.31. The maximum atomic E-state index is 12.8. The van der Waals surface area contributed by atoms with E-state index in [1.54, 1.807) is 11.8 Å². The molecule has 138 valence electrons. The van der Waals surface area contributed by atoms with E-state index in [0.29, 0.717) is 0 Å². The fraction of sp³-hybridized carbons (Fsp3) is 0.474. The van der Waals surface area contributed by atoms with Crippen LogP contribution in [0.25, 0.3) is 11.0 Å². The first-order valence-electron chi connectivity index (χ1n) is 9.24. The molecule has 0 unspecified atom stereocenters. The molecule has 3 heterocycles. The molecule has 4 rings (SSSR count). The number of rotatable bonds is 3. The summed E-state index contributed by atoms with van der Waals surface area (Å²) in [6.45, 7) is 2.94. The summed E-state index contributed by atoms with van der Waals surface area (Å²) < 4.78 is 0. The number of nitrogens with zero attached hydrogens (tertiary/aromatic N) is 2. The number of carbonyl (C=O) groups is 1. The number of fused-ring (bicyclic) bond motifs is 1. The predicted molar refractivity (Wildman–Crippen MR) is 107 cm³/mol. The molecule has 0 radical (unpaired) electrons. The van der Waals surface area contributed by atoms with Gasteiger partial charge in [0.1, 0.15) is 5.65 Å². The molecule has 0 bridgehead atoms. The molecule has 2 aliphatic rings. The second-order valence-corrected chi connectivity index (χ2v) is 8.23. The highest BCUT2D eigenvalue weighted by Crippen LogP contribution is 2.32. The molecule has 0 aromatic carbocycles. The molecule has 26 heavy (non-hydrogen) atoms. The lowest BCUT2D eigenvalue weighted by molar-refractivity contribution is -0.117. The lowest BCUT2D eigenvalue weighted by Crippen LogP contribution is -2.49. The number of pyridine rings is 1. The number of amides is 1. The first kappa shape index (κ1) is 17.4. The average molecular weight is 372 g/mol. The SMILES string of the molecule is Cc1c[nH]c2nccc(N3C=C(C(=O)N[C@@H]4CCCC[C@@H]4N)SCC3)c12. The Morgan fingerprint density at radius 2 is 2.27 bits per heavy atom. The van der Waals surface area contributed by atoms with Crippen molar-refractivity contribution in [3.63, 3.8) is 0 Å². The minimum Gasteiger partial charge on any atom is -0.347 e. The van der Waals surface area contributed by atoms with Gasteiger partial charge in [-0.15, -0.1) is 11.8 Å². The minimum atomic E-state index is -0.00172. The molecule has 1 fully saturated rings. The maximum absolute atomic E-state index is 12.8. The number of hydrogen-bond acceptors (Lipinski definition) is 5. The Kier molecular flexibility index (Phi) is 4.91. The number of nitrogens with one attached hydrogen (secondary N) is 2. The topological polar surface area (TPSA) is 87.0 Å². The molecule has 7 heteroatoms. The Morgan fingerprint density at radius 3 is 3.12 bits per heavy atom. The molecule has 1 aliphatic heterocycles. The van der Waals surface area contributed by atoms with Gasteiger partial charge in [-0.2, -0.15) is 0 Å². The fourth-order valence-electron chi connectivity index (χ4n) is 3.83. The average Bonchev–Trinajstić information content (AvgIpc) is 3.05. The molecule has 1 amide bonds. The Balaban J connectivity index is 1.57. The fourth-order valence-corrected chi connectivity index (χ4v) is 4.73. The van der Waals surface area contributed by atoms with E-state index >= 15 is 0 Å². The van der Waals surface area contributed by atoms with Crippen molar-refractivity contribution in [3.05, 3.63) is 35.1 Å². The van der Waals surface area contributed by atoms with Crippen LogP contribution in [0.2, 0.25) is 0 Å². The van der Waals surface area contributed by atoms with Gasteiger partial charge in [-0.1, -0.05) is 12.8 Å². The van der Waals surface area contributed by atoms with E-state index < -0.39 is 0 Å². The third-order valence-corrected chi connectivity index (χ3v) is 6.27. The molecular weight excluding hydrogens is 346 g/mol. The predicted octanol–water partition coefficient (Wildman–Crippen LogP) is 2.65. The summed E-state index contributed by atoms with van der Waals surface area (Å²) in [7, 11) is 0. The van der Waals surface area contributed by atoms with Gasteiger partial charge in [0.15, 0.2) is 0 Å². The minimum absolute atomic E-state index is 0.00172. The number of aryl methyl sites for hydroxylation is 1. The monoisotopic (exact) mass is 371 g/mol. The van der Waals surface area contributed by atoms with Crippen LogP contribution in [0, 0.1) is 6.92 Å². The van der Waals surface area contributed by atoms with Crippen molar-refractivity contribution in [2.75, 3.05) is 17.2 Å². The van der Waals surface area contributed by atoms with Crippen LogP contribution in [-0.4, -0.2) is 40.3 Å². The van der Waals surface area contributed by atoms with E-state index in [-0.39, 0.29) is 18.0 Å². The van der Waals surface area contributed by atoms with Gasteiger partial charge in [-0.05, 0) is 31.4 Å². The van der Waals surface area contributed by atoms with Crippen LogP contribution in [0.4, 0.5) is 5.69 Å². The molecule has 4 N–H and O–H groups in total. The van der Waals surface area contributed by atoms with Crippen LogP contribution >= 0.6 is 11.8 Å². The molecule has 1 saturated carbocycles. The third-order valence-electron chi connectivity index (χ3n) is 5.28. The van der Waals surface area contributed by atoms with Gasteiger partial charge in [0, 0.05) is 48.4 Å². The number of hydrogen-bond donors (Lipinski definition) is 3. The molecule has 2 aromatic heterocycles. The molecule has 2 aromatic rings. The van der Waals surface area contributed by atoms with Crippen molar-refractivity contribution >= 4 is 34.4 Å². The van der Waals surface area contributed by atoms with E-state index in [1.807, 2.05) is 24.7 Å². The number of aromatic amines is 1. The summed E-state index contributed by atoms with van der Waals surface area (Å²) in [5.74, 6) is 0.877. The van der Waals surface area contributed by atoms with Gasteiger partial charge in [0.05, 0.1) is 10.6 Å². The number of nitrogens with two attached hydrogens (primary N) is 1. The largest absolute Gasteiger partial charge is 0.347 e. The highest BCUT2D eigenvalue weighted by molar-refractivity contribution is 8.04. The lowest BCUT2D eigenvalue weighted by atomic mass is 9.91. The second kappa shape index (κ2) is 7.32. The number of H-pyrrole nitrogens is 1. The molecular formula is C19H25N5OS. The Morgan fingerprint density at radius 1 is 1.42 bits per heavy atom. The van der Waals surface area contributed by atoms with Crippen LogP contribution in [0.1, 0.15) is 31.2 Å². The zero-order valence-corrected chi connectivity index (χ0v) is 15.8. The number of carbonyl (C=O) groups excluding carboxylic acids is 1. The van der Waals surface area contributed by atoms with Gasteiger partial charge in [0.2, 0.25) is 0 Å². The van der Waals surface area contributed by atoms with Crippen LogP contribution in [0.15, 0.2) is 29.6 Å². The van der Waals surface area contributed by atoms with Gasteiger partial charge >= 0.3 is 0 Å². The Labute approximate surface area is 157 Å². The van der Waals surface area contributed by atoms with E-state index in [2.05, 4.69) is 27.1 Å². The summed E-state index contributed by atoms with van der Waals surface area (Å²) in [5, 5.41) is 4.27. The summed E-state index contributed by atoms with van der Waals surface area (Å²) in [6.07, 6.45) is 10.0. The number of aromatic nitrogens is 2. The summed E-state index contributed by atoms with van der Waals surface area (Å²) in [4.78, 5) is 23.3. The zero-order valence-electron chi connectivity index (χ0n) is 15.0. The summed E-state index contributed by atoms with van der Waals surface area (Å²) in [6, 6.07) is 2.18. The highest BCUT2D eigenvalue weighted by atomic mass is 32.2. The van der Waals surface area contributed by atoms with Gasteiger partial charge < -0.3 is 20.9 Å².